The minimum Gasteiger partial charge on any atom is -0.497 e. The van der Waals surface area contributed by atoms with Crippen LogP contribution in [0.4, 0.5) is 5.88 Å². The molecule has 2 heterocycles. The number of rotatable bonds is 5. The molecule has 0 bridgehead atoms. The highest BCUT2D eigenvalue weighted by Crippen LogP contribution is 2.50. The van der Waals surface area contributed by atoms with E-state index in [0.717, 1.165) is 39.4 Å². The molecule has 1 aromatic heterocycles. The van der Waals surface area contributed by atoms with Crippen LogP contribution in [0, 0.1) is 6.92 Å². The Hall–Kier alpha value is -3.74. The lowest BCUT2D eigenvalue weighted by molar-refractivity contribution is -0.116. The van der Waals surface area contributed by atoms with Crippen molar-refractivity contribution in [3.8, 4) is 17.2 Å². The Morgan fingerprint density at radius 2 is 1.67 bits per heavy atom. The molecule has 0 radical (unpaired) electrons. The number of anilines is 1. The second-order valence-electron chi connectivity index (χ2n) is 8.38. The number of nitrogens with one attached hydrogen (secondary N) is 1. The summed E-state index contributed by atoms with van der Waals surface area (Å²) in [5.74, 6) is 2.56. The zero-order valence-electron chi connectivity index (χ0n) is 19.1. The minimum atomic E-state index is -0.286. The molecule has 2 atom stereocenters. The van der Waals surface area contributed by atoms with Gasteiger partial charge in [0.05, 0.1) is 32.6 Å². The van der Waals surface area contributed by atoms with Gasteiger partial charge >= 0.3 is 0 Å². The predicted molar refractivity (Wildman–Crippen MR) is 123 cm³/mol. The van der Waals surface area contributed by atoms with Gasteiger partial charge in [0.15, 0.2) is 17.3 Å². The normalized spacial score (nSPS) is 19.5. The van der Waals surface area contributed by atoms with E-state index >= 15 is 0 Å². The van der Waals surface area contributed by atoms with Crippen molar-refractivity contribution in [2.24, 2.45) is 0 Å². The number of hydrogen-bond acceptors (Lipinski definition) is 7. The van der Waals surface area contributed by atoms with E-state index in [2.05, 4.69) is 10.5 Å². The topological polar surface area (TPSA) is 82.8 Å². The van der Waals surface area contributed by atoms with Crippen LogP contribution in [0.25, 0.3) is 0 Å². The summed E-state index contributed by atoms with van der Waals surface area (Å²) >= 11 is 0. The third kappa shape index (κ3) is 3.53. The van der Waals surface area contributed by atoms with Crippen molar-refractivity contribution in [3.63, 3.8) is 0 Å². The average Bonchev–Trinajstić information content (AvgIpc) is 3.22. The molecule has 1 aliphatic carbocycles. The highest BCUT2D eigenvalue weighted by molar-refractivity contribution is 6.01. The second-order valence-corrected chi connectivity index (χ2v) is 8.38. The number of nitrogens with zero attached hydrogens (tertiary/aromatic N) is 1. The number of allylic oxidation sites excluding steroid dienone is 2. The van der Waals surface area contributed by atoms with Gasteiger partial charge in [-0.3, -0.25) is 4.79 Å². The molecule has 7 nitrogen and oxygen atoms in total. The summed E-state index contributed by atoms with van der Waals surface area (Å²) in [5.41, 5.74) is 5.34. The molecule has 0 amide bonds. The molecule has 170 valence electrons. The number of aromatic nitrogens is 1. The van der Waals surface area contributed by atoms with Crippen LogP contribution in [0.5, 0.6) is 17.2 Å². The molecule has 2 aliphatic rings. The summed E-state index contributed by atoms with van der Waals surface area (Å²) in [6, 6.07) is 13.7. The van der Waals surface area contributed by atoms with E-state index in [0.29, 0.717) is 30.2 Å². The van der Waals surface area contributed by atoms with Crippen molar-refractivity contribution in [2.45, 2.75) is 31.6 Å². The Bertz CT molecular complexity index is 1240. The summed E-state index contributed by atoms with van der Waals surface area (Å²) in [6.07, 6.45) is 1.15. The lowest BCUT2D eigenvalue weighted by Crippen LogP contribution is -2.29. The number of benzene rings is 2. The van der Waals surface area contributed by atoms with E-state index in [-0.39, 0.29) is 17.6 Å². The fourth-order valence-corrected chi connectivity index (χ4v) is 4.95. The second kappa shape index (κ2) is 8.31. The van der Waals surface area contributed by atoms with Gasteiger partial charge in [-0.1, -0.05) is 23.4 Å². The zero-order chi connectivity index (χ0) is 23.1. The first kappa shape index (κ1) is 21.1. The zero-order valence-corrected chi connectivity index (χ0v) is 19.1. The Labute approximate surface area is 192 Å². The third-order valence-electron chi connectivity index (χ3n) is 6.59. The Morgan fingerprint density at radius 1 is 0.939 bits per heavy atom. The Morgan fingerprint density at radius 3 is 2.36 bits per heavy atom. The summed E-state index contributed by atoms with van der Waals surface area (Å²) in [5, 5.41) is 7.56. The van der Waals surface area contributed by atoms with Crippen LogP contribution in [0.3, 0.4) is 0 Å². The van der Waals surface area contributed by atoms with E-state index < -0.39 is 0 Å². The molecule has 2 unspecified atom stereocenters. The number of methoxy groups -OCH3 is 3. The van der Waals surface area contributed by atoms with Gasteiger partial charge in [-0.2, -0.15) is 0 Å². The number of Topliss-reactive ketones (excluding diaryl/α,β-unsaturated/α-hetero) is 1. The minimum absolute atomic E-state index is 0.0753. The van der Waals surface area contributed by atoms with Gasteiger partial charge in [0, 0.05) is 23.6 Å². The Balaban J connectivity index is 1.59. The molecule has 1 N–H and O–H groups in total. The maximum absolute atomic E-state index is 13.6. The number of ketones is 1. The van der Waals surface area contributed by atoms with Gasteiger partial charge in [0.2, 0.25) is 5.88 Å². The smallest absolute Gasteiger partial charge is 0.233 e. The van der Waals surface area contributed by atoms with Gasteiger partial charge in [-0.05, 0) is 54.7 Å². The number of ether oxygens (including phenoxy) is 3. The molecule has 33 heavy (non-hydrogen) atoms. The molecular weight excluding hydrogens is 420 g/mol. The fraction of sp³-hybridized carbons (Fsp3) is 0.308. The Kier molecular flexibility index (Phi) is 5.32. The molecule has 2 aromatic carbocycles. The van der Waals surface area contributed by atoms with Gasteiger partial charge in [-0.15, -0.1) is 0 Å². The first-order valence-corrected chi connectivity index (χ1v) is 10.9. The quantitative estimate of drug-likeness (QED) is 0.593. The molecule has 0 saturated carbocycles. The SMILES string of the molecule is COc1ccc(C2CC(=O)C3=C(C2)Nc2onc(C)c2C3c2ccc(OC)c(OC)c2)cc1. The summed E-state index contributed by atoms with van der Waals surface area (Å²) < 4.78 is 21.8. The van der Waals surface area contributed by atoms with E-state index in [4.69, 9.17) is 18.7 Å². The van der Waals surface area contributed by atoms with Gasteiger partial charge in [0.1, 0.15) is 5.75 Å². The number of carbonyl (C=O) groups excluding carboxylic acids is 1. The molecule has 0 saturated heterocycles. The number of fused-ring (bicyclic) bond motifs is 1. The molecule has 3 aromatic rings. The third-order valence-corrected chi connectivity index (χ3v) is 6.59. The van der Waals surface area contributed by atoms with Crippen molar-refractivity contribution in [1.82, 2.24) is 5.16 Å². The molecule has 5 rings (SSSR count). The maximum atomic E-state index is 13.6. The monoisotopic (exact) mass is 446 g/mol. The predicted octanol–water partition coefficient (Wildman–Crippen LogP) is 4.97. The molecule has 1 aliphatic heterocycles. The molecule has 0 spiro atoms. The van der Waals surface area contributed by atoms with Crippen molar-refractivity contribution in [1.29, 1.82) is 0 Å². The van der Waals surface area contributed by atoms with Crippen LogP contribution in [-0.2, 0) is 4.79 Å². The average molecular weight is 447 g/mol. The molecule has 0 fully saturated rings. The van der Waals surface area contributed by atoms with Crippen LogP contribution in [0.2, 0.25) is 0 Å². The van der Waals surface area contributed by atoms with Gasteiger partial charge in [-0.25, -0.2) is 0 Å². The lowest BCUT2D eigenvalue weighted by Gasteiger charge is -2.34. The van der Waals surface area contributed by atoms with Crippen LogP contribution in [0.1, 0.15) is 47.1 Å². The molecular formula is C26H26N2O5. The fourth-order valence-electron chi connectivity index (χ4n) is 4.95. The largest absolute Gasteiger partial charge is 0.497 e. The van der Waals surface area contributed by atoms with Crippen molar-refractivity contribution in [2.75, 3.05) is 26.6 Å². The maximum Gasteiger partial charge on any atom is 0.233 e. The van der Waals surface area contributed by atoms with Crippen molar-refractivity contribution in [3.05, 3.63) is 76.1 Å². The van der Waals surface area contributed by atoms with Crippen LogP contribution < -0.4 is 19.5 Å². The van der Waals surface area contributed by atoms with Gasteiger partial charge in [0.25, 0.3) is 0 Å². The standard InChI is InChI=1S/C26H26N2O5/c1-14-23-24(16-7-10-21(31-3)22(13-16)32-4)25-19(27-26(23)33-28-14)11-17(12-20(25)29)15-5-8-18(30-2)9-6-15/h5-10,13,17,24,27H,11-12H2,1-4H3. The van der Waals surface area contributed by atoms with E-state index in [1.54, 1.807) is 21.3 Å². The first-order chi connectivity index (χ1) is 16.0. The van der Waals surface area contributed by atoms with E-state index in [1.807, 2.05) is 49.4 Å². The number of hydrogen-bond donors (Lipinski definition) is 1. The first-order valence-electron chi connectivity index (χ1n) is 10.9. The summed E-state index contributed by atoms with van der Waals surface area (Å²) in [4.78, 5) is 13.6. The number of aryl methyl sites for hydroxylation is 1. The highest BCUT2D eigenvalue weighted by atomic mass is 16.5. The van der Waals surface area contributed by atoms with Crippen molar-refractivity contribution < 1.29 is 23.5 Å². The van der Waals surface area contributed by atoms with Crippen LogP contribution >= 0.6 is 0 Å². The molecule has 7 heteroatoms. The van der Waals surface area contributed by atoms with E-state index in [9.17, 15) is 4.79 Å². The summed E-state index contributed by atoms with van der Waals surface area (Å²) in [7, 11) is 4.86. The van der Waals surface area contributed by atoms with Crippen LogP contribution in [-0.4, -0.2) is 32.3 Å². The van der Waals surface area contributed by atoms with Crippen molar-refractivity contribution >= 4 is 11.7 Å². The van der Waals surface area contributed by atoms with Gasteiger partial charge < -0.3 is 24.1 Å². The van der Waals surface area contributed by atoms with Crippen LogP contribution in [0.15, 0.2) is 58.3 Å². The number of carbonyl (C=O) groups is 1. The highest BCUT2D eigenvalue weighted by Gasteiger charge is 2.41. The lowest BCUT2D eigenvalue weighted by atomic mass is 9.72. The summed E-state index contributed by atoms with van der Waals surface area (Å²) in [6.45, 7) is 1.90. The van der Waals surface area contributed by atoms with E-state index in [1.165, 1.54) is 0 Å².